The van der Waals surface area contributed by atoms with Crippen molar-refractivity contribution in [3.8, 4) is 0 Å². The normalized spacial score (nSPS) is 16.6. The molecule has 1 aliphatic rings. The first-order valence-electron chi connectivity index (χ1n) is 6.26. The van der Waals surface area contributed by atoms with Crippen molar-refractivity contribution in [3.63, 3.8) is 0 Å². The van der Waals surface area contributed by atoms with Crippen LogP contribution in [-0.2, 0) is 11.2 Å². The second-order valence-corrected chi connectivity index (χ2v) is 4.63. The third-order valence-electron chi connectivity index (χ3n) is 3.42. The van der Waals surface area contributed by atoms with Crippen molar-refractivity contribution in [1.29, 1.82) is 0 Å². The molecule has 0 bridgehead atoms. The Labute approximate surface area is 115 Å². The van der Waals surface area contributed by atoms with E-state index >= 15 is 0 Å². The van der Waals surface area contributed by atoms with Gasteiger partial charge < -0.3 is 14.6 Å². The summed E-state index contributed by atoms with van der Waals surface area (Å²) in [7, 11) is 0. The smallest absolute Gasteiger partial charge is 0.339 e. The lowest BCUT2D eigenvalue weighted by atomic mass is 9.96. The number of carboxylic acid groups (broad SMARTS) is 1. The van der Waals surface area contributed by atoms with Gasteiger partial charge in [-0.1, -0.05) is 42.5 Å². The predicted octanol–water partition coefficient (Wildman–Crippen LogP) is 1.50. The summed E-state index contributed by atoms with van der Waals surface area (Å²) in [5.74, 6) is -1.59. The molecule has 1 atom stereocenters. The van der Waals surface area contributed by atoms with E-state index < -0.39 is 12.1 Å². The van der Waals surface area contributed by atoms with Gasteiger partial charge >= 0.3 is 5.97 Å². The maximum absolute atomic E-state index is 11.7. The minimum atomic E-state index is -1.22. The number of cyclic esters (lactones) is 1. The van der Waals surface area contributed by atoms with E-state index in [1.165, 1.54) is 6.07 Å². The Morgan fingerprint density at radius 3 is 2.60 bits per heavy atom. The van der Waals surface area contributed by atoms with Gasteiger partial charge in [0.15, 0.2) is 0 Å². The van der Waals surface area contributed by atoms with E-state index in [1.54, 1.807) is 30.3 Å². The van der Waals surface area contributed by atoms with Crippen LogP contribution in [0.15, 0.2) is 48.5 Å². The highest BCUT2D eigenvalue weighted by atomic mass is 16.5. The average Bonchev–Trinajstić information content (AvgIpc) is 2.76. The zero-order valence-electron chi connectivity index (χ0n) is 10.5. The van der Waals surface area contributed by atoms with Gasteiger partial charge in [0.2, 0.25) is 0 Å². The van der Waals surface area contributed by atoms with Gasteiger partial charge in [-0.05, 0) is 11.6 Å². The van der Waals surface area contributed by atoms with Gasteiger partial charge in [-0.15, -0.1) is 0 Å². The number of esters is 1. The molecule has 0 saturated carbocycles. The number of carboxylic acids is 1. The molecule has 1 aliphatic heterocycles. The first kappa shape index (κ1) is 12.4. The van der Waals surface area contributed by atoms with Gasteiger partial charge in [0, 0.05) is 17.5 Å². The van der Waals surface area contributed by atoms with Crippen LogP contribution in [-0.4, -0.2) is 11.9 Å². The summed E-state index contributed by atoms with van der Waals surface area (Å²) in [5.41, 5.74) is 2.07. The molecule has 0 N–H and O–H groups in total. The second kappa shape index (κ2) is 4.81. The third kappa shape index (κ3) is 2.05. The fourth-order valence-electron chi connectivity index (χ4n) is 2.47. The molecule has 0 spiro atoms. The Balaban J connectivity index is 1.94. The minimum absolute atomic E-state index is 0.132. The number of ether oxygens (including phenoxy) is 1. The van der Waals surface area contributed by atoms with Crippen LogP contribution in [0.3, 0.4) is 0 Å². The number of aromatic carboxylic acids is 1. The van der Waals surface area contributed by atoms with Gasteiger partial charge in [0.25, 0.3) is 0 Å². The summed E-state index contributed by atoms with van der Waals surface area (Å²) < 4.78 is 5.32. The molecule has 1 heterocycles. The lowest BCUT2D eigenvalue weighted by Crippen LogP contribution is -2.24. The molecule has 100 valence electrons. The molecule has 0 saturated heterocycles. The molecule has 0 radical (unpaired) electrons. The van der Waals surface area contributed by atoms with E-state index in [0.29, 0.717) is 17.5 Å². The predicted molar refractivity (Wildman–Crippen MR) is 69.1 cm³/mol. The van der Waals surface area contributed by atoms with E-state index in [4.69, 9.17) is 4.74 Å². The van der Waals surface area contributed by atoms with Gasteiger partial charge in [-0.2, -0.15) is 0 Å². The topological polar surface area (TPSA) is 66.4 Å². The first-order chi connectivity index (χ1) is 9.66. The third-order valence-corrected chi connectivity index (χ3v) is 3.42. The number of rotatable bonds is 3. The summed E-state index contributed by atoms with van der Waals surface area (Å²) in [6.45, 7) is 0. The van der Waals surface area contributed by atoms with Crippen LogP contribution in [0.2, 0.25) is 0 Å². The summed E-state index contributed by atoms with van der Waals surface area (Å²) in [5, 5.41) is 11.1. The van der Waals surface area contributed by atoms with Crippen LogP contribution in [0, 0.1) is 0 Å². The molecule has 0 aliphatic carbocycles. The standard InChI is InChI=1S/C16H12O4/c17-15(18)11-6-2-1-5-10(11)9-14-12-7-3-4-8-13(12)16(19)20-14/h1-8,14H,9H2,(H,17,18)/p-1/t14-/m0/s1. The fourth-order valence-corrected chi connectivity index (χ4v) is 2.47. The molecule has 0 aromatic heterocycles. The summed E-state index contributed by atoms with van der Waals surface area (Å²) >= 11 is 0. The summed E-state index contributed by atoms with van der Waals surface area (Å²) in [6, 6.07) is 13.7. The highest BCUT2D eigenvalue weighted by Gasteiger charge is 2.30. The Hall–Kier alpha value is -2.62. The van der Waals surface area contributed by atoms with E-state index in [0.717, 1.165) is 5.56 Å². The molecule has 4 nitrogen and oxygen atoms in total. The molecule has 0 unspecified atom stereocenters. The maximum atomic E-state index is 11.7. The Bertz CT molecular complexity index is 690. The molecule has 4 heteroatoms. The largest absolute Gasteiger partial charge is 0.545 e. The van der Waals surface area contributed by atoms with Crippen LogP contribution in [0.5, 0.6) is 0 Å². The highest BCUT2D eigenvalue weighted by molar-refractivity contribution is 5.94. The van der Waals surface area contributed by atoms with Gasteiger partial charge in [-0.3, -0.25) is 0 Å². The monoisotopic (exact) mass is 267 g/mol. The van der Waals surface area contributed by atoms with E-state index in [9.17, 15) is 14.7 Å². The molecule has 2 aromatic rings. The second-order valence-electron chi connectivity index (χ2n) is 4.63. The lowest BCUT2D eigenvalue weighted by Gasteiger charge is -2.14. The SMILES string of the molecule is O=C([O-])c1ccccc1C[C@@H]1OC(=O)c2ccccc21. The van der Waals surface area contributed by atoms with Crippen molar-refractivity contribution in [1.82, 2.24) is 0 Å². The number of benzene rings is 2. The van der Waals surface area contributed by atoms with E-state index in [2.05, 4.69) is 0 Å². The van der Waals surface area contributed by atoms with Crippen molar-refractivity contribution in [2.75, 3.05) is 0 Å². The van der Waals surface area contributed by atoms with Crippen molar-refractivity contribution < 1.29 is 19.4 Å². The number of hydrogen-bond donors (Lipinski definition) is 0. The first-order valence-corrected chi connectivity index (χ1v) is 6.26. The molecule has 0 fully saturated rings. The fraction of sp³-hybridized carbons (Fsp3) is 0.125. The van der Waals surface area contributed by atoms with Crippen LogP contribution in [0.4, 0.5) is 0 Å². The van der Waals surface area contributed by atoms with Crippen LogP contribution < -0.4 is 5.11 Å². The zero-order chi connectivity index (χ0) is 14.1. The molecule has 20 heavy (non-hydrogen) atoms. The molecule has 2 aromatic carbocycles. The van der Waals surface area contributed by atoms with Gasteiger partial charge in [-0.25, -0.2) is 4.79 Å². The number of hydrogen-bond acceptors (Lipinski definition) is 4. The minimum Gasteiger partial charge on any atom is -0.545 e. The summed E-state index contributed by atoms with van der Waals surface area (Å²) in [4.78, 5) is 22.8. The lowest BCUT2D eigenvalue weighted by molar-refractivity contribution is -0.255. The van der Waals surface area contributed by atoms with Crippen molar-refractivity contribution in [2.24, 2.45) is 0 Å². The van der Waals surface area contributed by atoms with Crippen molar-refractivity contribution in [2.45, 2.75) is 12.5 Å². The number of carbonyl (C=O) groups is 2. The quantitative estimate of drug-likeness (QED) is 0.790. The van der Waals surface area contributed by atoms with Crippen LogP contribution >= 0.6 is 0 Å². The Morgan fingerprint density at radius 2 is 1.80 bits per heavy atom. The average molecular weight is 267 g/mol. The van der Waals surface area contributed by atoms with Crippen LogP contribution in [0.1, 0.15) is 37.9 Å². The molecule has 0 amide bonds. The Morgan fingerprint density at radius 1 is 1.10 bits per heavy atom. The van der Waals surface area contributed by atoms with Crippen molar-refractivity contribution >= 4 is 11.9 Å². The number of fused-ring (bicyclic) bond motifs is 1. The Kier molecular flexibility index (Phi) is 2.99. The van der Waals surface area contributed by atoms with Crippen molar-refractivity contribution in [3.05, 3.63) is 70.8 Å². The van der Waals surface area contributed by atoms with Gasteiger partial charge in [0.1, 0.15) is 6.10 Å². The van der Waals surface area contributed by atoms with Gasteiger partial charge in [0.05, 0.1) is 11.5 Å². The number of carbonyl (C=O) groups excluding carboxylic acids is 2. The molecular weight excluding hydrogens is 256 g/mol. The van der Waals surface area contributed by atoms with Crippen LogP contribution in [0.25, 0.3) is 0 Å². The van der Waals surface area contributed by atoms with E-state index in [1.807, 2.05) is 12.1 Å². The molecule has 3 rings (SSSR count). The zero-order valence-corrected chi connectivity index (χ0v) is 10.5. The highest BCUT2D eigenvalue weighted by Crippen LogP contribution is 2.33. The maximum Gasteiger partial charge on any atom is 0.339 e. The summed E-state index contributed by atoms with van der Waals surface area (Å²) in [6.07, 6.45) is -0.119. The van der Waals surface area contributed by atoms with E-state index in [-0.39, 0.29) is 11.5 Å². The molecular formula is C16H11O4-.